The van der Waals surface area contributed by atoms with Crippen molar-refractivity contribution in [2.24, 2.45) is 5.92 Å². The molecule has 0 radical (unpaired) electrons. The third-order valence-corrected chi connectivity index (χ3v) is 2.95. The Balaban J connectivity index is 2.57. The summed E-state index contributed by atoms with van der Waals surface area (Å²) in [6.45, 7) is -0.0111. The first-order valence-electron chi connectivity index (χ1n) is 5.66. The monoisotopic (exact) mass is 229 g/mol. The van der Waals surface area contributed by atoms with E-state index in [0.717, 1.165) is 25.7 Å². The second-order valence-electron chi connectivity index (χ2n) is 4.19. The van der Waals surface area contributed by atoms with Gasteiger partial charge in [-0.1, -0.05) is 19.3 Å². The van der Waals surface area contributed by atoms with Gasteiger partial charge in [0, 0.05) is 13.2 Å². The molecule has 0 aromatic carbocycles. The molecule has 2 N–H and O–H groups in total. The molecular formula is C11H19NO4. The Morgan fingerprint density at radius 1 is 1.31 bits per heavy atom. The minimum Gasteiger partial charge on any atom is -0.481 e. The molecule has 0 aliphatic heterocycles. The SMILES string of the molecule is COCC(=O)NC1CCCCCC1C(=O)O. The van der Waals surface area contributed by atoms with Gasteiger partial charge in [-0.15, -0.1) is 0 Å². The van der Waals surface area contributed by atoms with Crippen molar-refractivity contribution in [2.75, 3.05) is 13.7 Å². The molecule has 0 aromatic rings. The highest BCUT2D eigenvalue weighted by Gasteiger charge is 2.30. The fourth-order valence-electron chi connectivity index (χ4n) is 2.16. The summed E-state index contributed by atoms with van der Waals surface area (Å²) in [7, 11) is 1.45. The Kier molecular flexibility index (Phi) is 5.25. The van der Waals surface area contributed by atoms with Gasteiger partial charge in [-0.3, -0.25) is 9.59 Å². The molecule has 1 aliphatic carbocycles. The molecule has 1 fully saturated rings. The van der Waals surface area contributed by atoms with Crippen LogP contribution in [0.5, 0.6) is 0 Å². The molecule has 0 spiro atoms. The molecule has 0 saturated heterocycles. The molecule has 1 saturated carbocycles. The Hall–Kier alpha value is -1.10. The topological polar surface area (TPSA) is 75.6 Å². The van der Waals surface area contributed by atoms with E-state index >= 15 is 0 Å². The van der Waals surface area contributed by atoms with E-state index in [1.807, 2.05) is 0 Å². The molecule has 1 rings (SSSR count). The number of hydrogen-bond donors (Lipinski definition) is 2. The summed E-state index contributed by atoms with van der Waals surface area (Å²) in [5.74, 6) is -1.51. The predicted octanol–water partition coefficient (Wildman–Crippen LogP) is 0.782. The number of carbonyl (C=O) groups excluding carboxylic acids is 1. The van der Waals surface area contributed by atoms with Gasteiger partial charge in [0.2, 0.25) is 5.91 Å². The molecule has 92 valence electrons. The smallest absolute Gasteiger partial charge is 0.308 e. The Morgan fingerprint density at radius 3 is 2.62 bits per heavy atom. The van der Waals surface area contributed by atoms with Gasteiger partial charge in [0.15, 0.2) is 0 Å². The number of ether oxygens (including phenoxy) is 1. The normalized spacial score (nSPS) is 25.8. The first-order chi connectivity index (χ1) is 7.65. The van der Waals surface area contributed by atoms with Crippen LogP contribution in [0.25, 0.3) is 0 Å². The standard InChI is InChI=1S/C11H19NO4/c1-16-7-10(13)12-9-6-4-2-3-5-8(9)11(14)15/h8-9H,2-7H2,1H3,(H,12,13)(H,14,15). The average molecular weight is 229 g/mol. The van der Waals surface area contributed by atoms with E-state index < -0.39 is 11.9 Å². The van der Waals surface area contributed by atoms with E-state index in [1.54, 1.807) is 0 Å². The Bertz CT molecular complexity index is 254. The number of nitrogens with one attached hydrogen (secondary N) is 1. The maximum Gasteiger partial charge on any atom is 0.308 e. The Morgan fingerprint density at radius 2 is 2.00 bits per heavy atom. The zero-order valence-electron chi connectivity index (χ0n) is 9.57. The van der Waals surface area contributed by atoms with Gasteiger partial charge in [-0.25, -0.2) is 0 Å². The van der Waals surface area contributed by atoms with Crippen LogP contribution in [0.4, 0.5) is 0 Å². The van der Waals surface area contributed by atoms with Crippen LogP contribution in [0.15, 0.2) is 0 Å². The van der Waals surface area contributed by atoms with Crippen molar-refractivity contribution in [2.45, 2.75) is 38.1 Å². The van der Waals surface area contributed by atoms with Gasteiger partial charge in [0.25, 0.3) is 0 Å². The van der Waals surface area contributed by atoms with E-state index in [-0.39, 0.29) is 18.6 Å². The number of carbonyl (C=O) groups is 2. The van der Waals surface area contributed by atoms with E-state index in [0.29, 0.717) is 6.42 Å². The first-order valence-corrected chi connectivity index (χ1v) is 5.66. The second kappa shape index (κ2) is 6.48. The van der Waals surface area contributed by atoms with Gasteiger partial charge in [0.1, 0.15) is 6.61 Å². The predicted molar refractivity (Wildman–Crippen MR) is 58.0 cm³/mol. The van der Waals surface area contributed by atoms with Crippen LogP contribution in [0.2, 0.25) is 0 Å². The largest absolute Gasteiger partial charge is 0.481 e. The molecule has 16 heavy (non-hydrogen) atoms. The van der Waals surface area contributed by atoms with Crippen molar-refractivity contribution >= 4 is 11.9 Å². The van der Waals surface area contributed by atoms with Crippen molar-refractivity contribution in [1.82, 2.24) is 5.32 Å². The van der Waals surface area contributed by atoms with E-state index in [4.69, 9.17) is 9.84 Å². The first kappa shape index (κ1) is 13.0. The summed E-state index contributed by atoms with van der Waals surface area (Å²) in [6, 6.07) is -0.248. The fraction of sp³-hybridized carbons (Fsp3) is 0.818. The molecule has 0 aromatic heterocycles. The summed E-state index contributed by atoms with van der Waals surface area (Å²) in [5.41, 5.74) is 0. The summed E-state index contributed by atoms with van der Waals surface area (Å²) in [4.78, 5) is 22.4. The molecule has 5 heteroatoms. The summed E-state index contributed by atoms with van der Waals surface area (Å²) >= 11 is 0. The van der Waals surface area contributed by atoms with Crippen LogP contribution in [-0.4, -0.2) is 36.7 Å². The molecular weight excluding hydrogens is 210 g/mol. The molecule has 0 bridgehead atoms. The lowest BCUT2D eigenvalue weighted by Crippen LogP contribution is -2.44. The van der Waals surface area contributed by atoms with Gasteiger partial charge >= 0.3 is 5.97 Å². The number of aliphatic carboxylic acids is 1. The highest BCUT2D eigenvalue weighted by Crippen LogP contribution is 2.23. The van der Waals surface area contributed by atoms with Crippen LogP contribution in [0.1, 0.15) is 32.1 Å². The van der Waals surface area contributed by atoms with Crippen LogP contribution < -0.4 is 5.32 Å². The lowest BCUT2D eigenvalue weighted by molar-refractivity contribution is -0.143. The van der Waals surface area contributed by atoms with Crippen LogP contribution in [0, 0.1) is 5.92 Å². The van der Waals surface area contributed by atoms with Gasteiger partial charge in [-0.05, 0) is 12.8 Å². The van der Waals surface area contributed by atoms with Crippen molar-refractivity contribution < 1.29 is 19.4 Å². The van der Waals surface area contributed by atoms with Crippen LogP contribution in [-0.2, 0) is 14.3 Å². The third kappa shape index (κ3) is 3.81. The number of amides is 1. The zero-order valence-corrected chi connectivity index (χ0v) is 9.57. The summed E-state index contributed by atoms with van der Waals surface area (Å²) in [5, 5.41) is 11.8. The van der Waals surface area contributed by atoms with Crippen molar-refractivity contribution in [3.05, 3.63) is 0 Å². The third-order valence-electron chi connectivity index (χ3n) is 2.95. The molecule has 1 amide bonds. The van der Waals surface area contributed by atoms with Crippen LogP contribution in [0.3, 0.4) is 0 Å². The highest BCUT2D eigenvalue weighted by atomic mass is 16.5. The molecule has 5 nitrogen and oxygen atoms in total. The van der Waals surface area contributed by atoms with E-state index in [1.165, 1.54) is 7.11 Å². The second-order valence-corrected chi connectivity index (χ2v) is 4.19. The van der Waals surface area contributed by atoms with E-state index in [9.17, 15) is 9.59 Å². The van der Waals surface area contributed by atoms with Crippen molar-refractivity contribution in [3.8, 4) is 0 Å². The lowest BCUT2D eigenvalue weighted by Gasteiger charge is -2.22. The molecule has 2 unspecified atom stereocenters. The minimum atomic E-state index is -0.815. The molecule has 2 atom stereocenters. The molecule has 1 aliphatic rings. The van der Waals surface area contributed by atoms with Crippen LogP contribution >= 0.6 is 0 Å². The summed E-state index contributed by atoms with van der Waals surface area (Å²) < 4.78 is 4.71. The lowest BCUT2D eigenvalue weighted by atomic mass is 9.95. The van der Waals surface area contributed by atoms with Crippen molar-refractivity contribution in [3.63, 3.8) is 0 Å². The van der Waals surface area contributed by atoms with Gasteiger partial charge in [0.05, 0.1) is 5.92 Å². The Labute approximate surface area is 95.2 Å². The minimum absolute atomic E-state index is 0.0111. The number of hydrogen-bond acceptors (Lipinski definition) is 3. The molecule has 0 heterocycles. The van der Waals surface area contributed by atoms with E-state index in [2.05, 4.69) is 5.32 Å². The number of rotatable bonds is 4. The highest BCUT2D eigenvalue weighted by molar-refractivity contribution is 5.79. The van der Waals surface area contributed by atoms with Gasteiger partial charge < -0.3 is 15.2 Å². The number of carboxylic acids is 1. The maximum atomic E-state index is 11.4. The average Bonchev–Trinajstić information content (AvgIpc) is 2.43. The van der Waals surface area contributed by atoms with Crippen molar-refractivity contribution in [1.29, 1.82) is 0 Å². The number of methoxy groups -OCH3 is 1. The summed E-state index contributed by atoms with van der Waals surface area (Å²) in [6.07, 6.45) is 4.33. The maximum absolute atomic E-state index is 11.4. The fourth-order valence-corrected chi connectivity index (χ4v) is 2.16. The zero-order chi connectivity index (χ0) is 12.0. The quantitative estimate of drug-likeness (QED) is 0.699. The number of carboxylic acid groups (broad SMARTS) is 1. The van der Waals surface area contributed by atoms with Gasteiger partial charge in [-0.2, -0.15) is 0 Å².